The molecule has 2 unspecified atom stereocenters. The van der Waals surface area contributed by atoms with Gasteiger partial charge in [-0.15, -0.1) is 0 Å². The van der Waals surface area contributed by atoms with E-state index in [9.17, 15) is 4.79 Å². The highest BCUT2D eigenvalue weighted by molar-refractivity contribution is 5.78. The summed E-state index contributed by atoms with van der Waals surface area (Å²) in [5, 5.41) is 3.41. The molecule has 0 saturated carbocycles. The second-order valence-electron chi connectivity index (χ2n) is 5.43. The van der Waals surface area contributed by atoms with Crippen LogP contribution in [-0.4, -0.2) is 50.7 Å². The zero-order valence-corrected chi connectivity index (χ0v) is 12.3. The summed E-state index contributed by atoms with van der Waals surface area (Å²) >= 11 is 0. The van der Waals surface area contributed by atoms with Crippen LogP contribution in [0, 0.1) is 0 Å². The van der Waals surface area contributed by atoms with Gasteiger partial charge in [-0.2, -0.15) is 0 Å². The molecular formula is C16H24N2O2. The lowest BCUT2D eigenvalue weighted by atomic mass is 9.97. The summed E-state index contributed by atoms with van der Waals surface area (Å²) in [6.07, 6.45) is 2.38. The Bertz CT molecular complexity index is 416. The van der Waals surface area contributed by atoms with Gasteiger partial charge in [0, 0.05) is 19.1 Å². The van der Waals surface area contributed by atoms with Crippen molar-refractivity contribution in [3.05, 3.63) is 35.9 Å². The Morgan fingerprint density at radius 3 is 2.80 bits per heavy atom. The third-order valence-electron chi connectivity index (χ3n) is 4.05. The van der Waals surface area contributed by atoms with Crippen LogP contribution in [0.25, 0.3) is 0 Å². The van der Waals surface area contributed by atoms with Gasteiger partial charge in [0.25, 0.3) is 0 Å². The van der Waals surface area contributed by atoms with E-state index in [1.54, 1.807) is 0 Å². The fraction of sp³-hybridized carbons (Fsp3) is 0.562. The van der Waals surface area contributed by atoms with Crippen molar-refractivity contribution in [2.45, 2.75) is 24.8 Å². The van der Waals surface area contributed by atoms with Crippen LogP contribution in [0.2, 0.25) is 0 Å². The molecule has 20 heavy (non-hydrogen) atoms. The van der Waals surface area contributed by atoms with Gasteiger partial charge < -0.3 is 15.0 Å². The van der Waals surface area contributed by atoms with E-state index < -0.39 is 0 Å². The van der Waals surface area contributed by atoms with Crippen LogP contribution in [-0.2, 0) is 9.53 Å². The molecule has 1 aliphatic rings. The lowest BCUT2D eigenvalue weighted by Crippen LogP contribution is -2.46. The number of hydrogen-bond acceptors (Lipinski definition) is 4. The molecule has 1 aromatic rings. The minimum Gasteiger partial charge on any atom is -0.469 e. The summed E-state index contributed by atoms with van der Waals surface area (Å²) < 4.78 is 4.97. The van der Waals surface area contributed by atoms with Gasteiger partial charge in [0.15, 0.2) is 0 Å². The molecule has 1 fully saturated rings. The topological polar surface area (TPSA) is 41.6 Å². The van der Waals surface area contributed by atoms with Crippen LogP contribution in [0.3, 0.4) is 0 Å². The van der Waals surface area contributed by atoms with Crippen LogP contribution < -0.4 is 5.32 Å². The third kappa shape index (κ3) is 3.81. The van der Waals surface area contributed by atoms with E-state index in [4.69, 9.17) is 4.74 Å². The number of carbonyl (C=O) groups is 1. The van der Waals surface area contributed by atoms with Gasteiger partial charge in [0.2, 0.25) is 0 Å². The quantitative estimate of drug-likeness (QED) is 0.830. The average molecular weight is 276 g/mol. The molecule has 4 heteroatoms. The molecule has 1 N–H and O–H groups in total. The van der Waals surface area contributed by atoms with E-state index in [2.05, 4.69) is 17.3 Å². The Morgan fingerprint density at radius 1 is 1.45 bits per heavy atom. The van der Waals surface area contributed by atoms with E-state index in [0.29, 0.717) is 12.6 Å². The number of ether oxygens (including phenoxy) is 1. The van der Waals surface area contributed by atoms with Crippen LogP contribution in [0.15, 0.2) is 30.3 Å². The summed E-state index contributed by atoms with van der Waals surface area (Å²) in [5.41, 5.74) is 1.02. The first-order chi connectivity index (χ1) is 9.72. The normalized spacial score (nSPS) is 20.6. The largest absolute Gasteiger partial charge is 0.469 e. The average Bonchev–Trinajstić information content (AvgIpc) is 2.53. The molecule has 1 aromatic carbocycles. The Labute approximate surface area is 121 Å². The van der Waals surface area contributed by atoms with E-state index >= 15 is 0 Å². The number of nitrogens with one attached hydrogen (secondary N) is 1. The molecule has 0 bridgehead atoms. The predicted molar refractivity (Wildman–Crippen MR) is 79.7 cm³/mol. The van der Waals surface area contributed by atoms with E-state index in [1.807, 2.05) is 30.3 Å². The van der Waals surface area contributed by atoms with Gasteiger partial charge in [-0.3, -0.25) is 4.79 Å². The Morgan fingerprint density at radius 2 is 2.20 bits per heavy atom. The molecule has 4 nitrogen and oxygen atoms in total. The van der Waals surface area contributed by atoms with Crippen molar-refractivity contribution in [2.75, 3.05) is 33.8 Å². The molecule has 1 saturated heterocycles. The molecule has 2 atom stereocenters. The van der Waals surface area contributed by atoms with Crippen molar-refractivity contribution in [1.82, 2.24) is 10.2 Å². The van der Waals surface area contributed by atoms with Gasteiger partial charge in [-0.05, 0) is 32.0 Å². The number of rotatable bonds is 5. The van der Waals surface area contributed by atoms with Crippen LogP contribution >= 0.6 is 0 Å². The van der Waals surface area contributed by atoms with Crippen molar-refractivity contribution >= 4 is 5.97 Å². The second kappa shape index (κ2) is 7.41. The molecule has 1 heterocycles. The maximum absolute atomic E-state index is 12.1. The molecule has 0 aromatic heterocycles. The number of piperidine rings is 1. The molecule has 2 rings (SSSR count). The van der Waals surface area contributed by atoms with Gasteiger partial charge in [0.1, 0.15) is 0 Å². The van der Waals surface area contributed by atoms with Crippen molar-refractivity contribution in [3.8, 4) is 0 Å². The predicted octanol–water partition coefficient (Wildman–Crippen LogP) is 1.63. The van der Waals surface area contributed by atoms with Crippen molar-refractivity contribution < 1.29 is 9.53 Å². The first-order valence-corrected chi connectivity index (χ1v) is 7.26. The maximum atomic E-state index is 12.1. The highest BCUT2D eigenvalue weighted by Crippen LogP contribution is 2.20. The molecule has 0 amide bonds. The van der Waals surface area contributed by atoms with Gasteiger partial charge in [0.05, 0.1) is 13.0 Å². The molecule has 1 aliphatic heterocycles. The molecule has 0 aliphatic carbocycles. The van der Waals surface area contributed by atoms with Crippen molar-refractivity contribution in [3.63, 3.8) is 0 Å². The smallest absolute Gasteiger partial charge is 0.314 e. The summed E-state index contributed by atoms with van der Waals surface area (Å²) in [6.45, 7) is 2.80. The SMILES string of the molecule is COC(=O)C(CN(C)C1CCCNC1)c1ccccc1. The number of benzene rings is 1. The lowest BCUT2D eigenvalue weighted by molar-refractivity contribution is -0.143. The summed E-state index contributed by atoms with van der Waals surface area (Å²) in [7, 11) is 3.55. The monoisotopic (exact) mass is 276 g/mol. The molecule has 0 spiro atoms. The van der Waals surface area contributed by atoms with Crippen LogP contribution in [0.1, 0.15) is 24.3 Å². The molecule has 0 radical (unpaired) electrons. The fourth-order valence-electron chi connectivity index (χ4n) is 2.79. The summed E-state index contributed by atoms with van der Waals surface area (Å²) in [4.78, 5) is 14.3. The highest BCUT2D eigenvalue weighted by atomic mass is 16.5. The number of likely N-dealkylation sites (N-methyl/N-ethyl adjacent to an activating group) is 1. The summed E-state index contributed by atoms with van der Waals surface area (Å²) in [6, 6.07) is 10.4. The first kappa shape index (κ1) is 15.0. The highest BCUT2D eigenvalue weighted by Gasteiger charge is 2.26. The first-order valence-electron chi connectivity index (χ1n) is 7.26. The zero-order chi connectivity index (χ0) is 14.4. The number of hydrogen-bond donors (Lipinski definition) is 1. The maximum Gasteiger partial charge on any atom is 0.314 e. The zero-order valence-electron chi connectivity index (χ0n) is 12.3. The number of nitrogens with zero attached hydrogens (tertiary/aromatic N) is 1. The number of esters is 1. The molecule has 110 valence electrons. The van der Waals surface area contributed by atoms with Crippen LogP contribution in [0.4, 0.5) is 0 Å². The lowest BCUT2D eigenvalue weighted by Gasteiger charge is -2.33. The van der Waals surface area contributed by atoms with E-state index in [-0.39, 0.29) is 11.9 Å². The third-order valence-corrected chi connectivity index (χ3v) is 4.05. The van der Waals surface area contributed by atoms with Gasteiger partial charge >= 0.3 is 5.97 Å². The Hall–Kier alpha value is -1.39. The minimum atomic E-state index is -0.215. The number of methoxy groups -OCH3 is 1. The van der Waals surface area contributed by atoms with Gasteiger partial charge in [-0.1, -0.05) is 30.3 Å². The van der Waals surface area contributed by atoms with Crippen molar-refractivity contribution in [2.24, 2.45) is 0 Å². The van der Waals surface area contributed by atoms with E-state index in [0.717, 1.165) is 18.7 Å². The standard InChI is InChI=1S/C16H24N2O2/c1-18(14-9-6-10-17-11-14)12-15(16(19)20-2)13-7-4-3-5-8-13/h3-5,7-8,14-15,17H,6,9-12H2,1-2H3. The second-order valence-corrected chi connectivity index (χ2v) is 5.43. The number of carbonyl (C=O) groups excluding carboxylic acids is 1. The van der Waals surface area contributed by atoms with Crippen LogP contribution in [0.5, 0.6) is 0 Å². The molecular weight excluding hydrogens is 252 g/mol. The fourth-order valence-corrected chi connectivity index (χ4v) is 2.79. The Kier molecular flexibility index (Phi) is 5.56. The van der Waals surface area contributed by atoms with Crippen molar-refractivity contribution in [1.29, 1.82) is 0 Å². The van der Waals surface area contributed by atoms with Gasteiger partial charge in [-0.25, -0.2) is 0 Å². The Balaban J connectivity index is 2.05. The minimum absolute atomic E-state index is 0.160. The van der Waals surface area contributed by atoms with E-state index in [1.165, 1.54) is 20.0 Å². The summed E-state index contributed by atoms with van der Waals surface area (Å²) in [5.74, 6) is -0.375.